The molecule has 2 rings (SSSR count). The number of esters is 1. The first-order valence-electron chi connectivity index (χ1n) is 10.4. The van der Waals surface area contributed by atoms with Crippen molar-refractivity contribution in [2.24, 2.45) is 0 Å². The molecule has 0 aliphatic carbocycles. The zero-order valence-electron chi connectivity index (χ0n) is 18.5. The summed E-state index contributed by atoms with van der Waals surface area (Å²) in [5.41, 5.74) is -1.25. The third-order valence-corrected chi connectivity index (χ3v) is 4.77. The maximum absolute atomic E-state index is 13.3. The SMILES string of the molecule is CCOC(=O)[C@H](Cc1ccc(O)cc1)NC(=O)C1(NC(=O)OC(C)(C)C)CCOCC1. The number of rotatable bonds is 7. The predicted molar refractivity (Wildman–Crippen MR) is 113 cm³/mol. The minimum Gasteiger partial charge on any atom is -0.508 e. The van der Waals surface area contributed by atoms with Crippen LogP contribution in [0.3, 0.4) is 0 Å². The quantitative estimate of drug-likeness (QED) is 0.559. The van der Waals surface area contributed by atoms with E-state index in [-0.39, 0.29) is 44.8 Å². The second-order valence-corrected chi connectivity index (χ2v) is 8.47. The van der Waals surface area contributed by atoms with Gasteiger partial charge in [0, 0.05) is 32.5 Å². The minimum absolute atomic E-state index is 0.100. The minimum atomic E-state index is -1.26. The number of hydrogen-bond acceptors (Lipinski definition) is 7. The molecule has 0 spiro atoms. The largest absolute Gasteiger partial charge is 0.508 e. The average Bonchev–Trinajstić information content (AvgIpc) is 2.68. The second-order valence-electron chi connectivity index (χ2n) is 8.47. The van der Waals surface area contributed by atoms with Crippen LogP contribution in [-0.4, -0.2) is 60.1 Å². The Labute approximate surface area is 182 Å². The van der Waals surface area contributed by atoms with Crippen molar-refractivity contribution in [3.05, 3.63) is 29.8 Å². The van der Waals surface area contributed by atoms with Crippen molar-refractivity contribution in [2.75, 3.05) is 19.8 Å². The van der Waals surface area contributed by atoms with Crippen molar-refractivity contribution in [1.29, 1.82) is 0 Å². The zero-order valence-corrected chi connectivity index (χ0v) is 18.5. The summed E-state index contributed by atoms with van der Waals surface area (Å²) in [6.07, 6.45) is -0.0560. The van der Waals surface area contributed by atoms with Crippen LogP contribution in [0.15, 0.2) is 24.3 Å². The molecule has 3 N–H and O–H groups in total. The number of hydrogen-bond donors (Lipinski definition) is 3. The highest BCUT2D eigenvalue weighted by molar-refractivity contribution is 5.93. The van der Waals surface area contributed by atoms with E-state index in [9.17, 15) is 19.5 Å². The van der Waals surface area contributed by atoms with Crippen LogP contribution >= 0.6 is 0 Å². The molecule has 1 aromatic rings. The lowest BCUT2D eigenvalue weighted by Crippen LogP contribution is -2.64. The summed E-state index contributed by atoms with van der Waals surface area (Å²) in [5.74, 6) is -0.981. The molecule has 1 fully saturated rings. The number of alkyl carbamates (subject to hydrolysis) is 1. The van der Waals surface area contributed by atoms with Gasteiger partial charge >= 0.3 is 12.1 Å². The highest BCUT2D eigenvalue weighted by Gasteiger charge is 2.44. The Morgan fingerprint density at radius 1 is 1.16 bits per heavy atom. The summed E-state index contributed by atoms with van der Waals surface area (Å²) in [6.45, 7) is 7.61. The molecule has 31 heavy (non-hydrogen) atoms. The molecule has 9 nitrogen and oxygen atoms in total. The number of ether oxygens (including phenoxy) is 3. The molecule has 2 amide bonds. The monoisotopic (exact) mass is 436 g/mol. The highest BCUT2D eigenvalue weighted by atomic mass is 16.6. The zero-order chi connectivity index (χ0) is 23.1. The van der Waals surface area contributed by atoms with E-state index in [1.807, 2.05) is 0 Å². The Morgan fingerprint density at radius 3 is 2.32 bits per heavy atom. The van der Waals surface area contributed by atoms with Gasteiger partial charge in [-0.3, -0.25) is 4.79 Å². The number of amides is 2. The van der Waals surface area contributed by atoms with Gasteiger partial charge in [0.2, 0.25) is 5.91 Å². The molecular weight excluding hydrogens is 404 g/mol. The molecule has 1 aromatic carbocycles. The Hall–Kier alpha value is -2.81. The van der Waals surface area contributed by atoms with E-state index in [0.717, 1.165) is 5.56 Å². The molecule has 1 aliphatic heterocycles. The molecule has 0 unspecified atom stereocenters. The van der Waals surface area contributed by atoms with Crippen LogP contribution in [0.4, 0.5) is 4.79 Å². The first kappa shape index (κ1) is 24.5. The van der Waals surface area contributed by atoms with Gasteiger partial charge in [0.25, 0.3) is 0 Å². The van der Waals surface area contributed by atoms with E-state index in [0.29, 0.717) is 0 Å². The maximum Gasteiger partial charge on any atom is 0.408 e. The third-order valence-electron chi connectivity index (χ3n) is 4.77. The number of aromatic hydroxyl groups is 1. The number of carbonyl (C=O) groups is 3. The van der Waals surface area contributed by atoms with Gasteiger partial charge in [0.05, 0.1) is 6.61 Å². The molecule has 1 saturated heterocycles. The van der Waals surface area contributed by atoms with Crippen molar-refractivity contribution >= 4 is 18.0 Å². The molecular formula is C22H32N2O7. The number of carbonyl (C=O) groups excluding carboxylic acids is 3. The number of nitrogens with one attached hydrogen (secondary N) is 2. The van der Waals surface area contributed by atoms with Crippen molar-refractivity contribution in [1.82, 2.24) is 10.6 Å². The van der Waals surface area contributed by atoms with Crippen molar-refractivity contribution in [3.8, 4) is 5.75 Å². The Bertz CT molecular complexity index is 765. The van der Waals surface area contributed by atoms with Gasteiger partial charge in [0.15, 0.2) is 0 Å². The van der Waals surface area contributed by atoms with Gasteiger partial charge in [-0.05, 0) is 45.4 Å². The molecule has 9 heteroatoms. The first-order valence-corrected chi connectivity index (χ1v) is 10.4. The summed E-state index contributed by atoms with van der Waals surface area (Å²) in [4.78, 5) is 38.2. The van der Waals surface area contributed by atoms with E-state index < -0.39 is 35.2 Å². The molecule has 0 radical (unpaired) electrons. The summed E-state index contributed by atoms with van der Waals surface area (Å²) >= 11 is 0. The fourth-order valence-electron chi connectivity index (χ4n) is 3.23. The Balaban J connectivity index is 2.20. The molecule has 0 saturated carbocycles. The molecule has 1 aliphatic rings. The third kappa shape index (κ3) is 7.43. The number of phenols is 1. The topological polar surface area (TPSA) is 123 Å². The summed E-state index contributed by atoms with van der Waals surface area (Å²) in [7, 11) is 0. The van der Waals surface area contributed by atoms with Crippen LogP contribution in [-0.2, 0) is 30.2 Å². The molecule has 172 valence electrons. The standard InChI is InChI=1S/C22H32N2O7/c1-5-30-18(26)17(14-15-6-8-16(25)9-7-15)23-19(27)22(10-12-29-13-11-22)24-20(28)31-21(2,3)4/h6-9,17,25H,5,10-14H2,1-4H3,(H,23,27)(H,24,28)/t17-/m0/s1. The Morgan fingerprint density at radius 2 is 1.77 bits per heavy atom. The lowest BCUT2D eigenvalue weighted by Gasteiger charge is -2.37. The summed E-state index contributed by atoms with van der Waals surface area (Å²) in [6, 6.07) is 5.37. The van der Waals surface area contributed by atoms with E-state index in [1.165, 1.54) is 12.1 Å². The fourth-order valence-corrected chi connectivity index (χ4v) is 3.23. The summed E-state index contributed by atoms with van der Waals surface area (Å²) < 4.78 is 15.8. The lowest BCUT2D eigenvalue weighted by molar-refractivity contribution is -0.148. The van der Waals surface area contributed by atoms with Gasteiger partial charge in [0.1, 0.15) is 22.9 Å². The smallest absolute Gasteiger partial charge is 0.408 e. The van der Waals surface area contributed by atoms with Crippen molar-refractivity contribution in [3.63, 3.8) is 0 Å². The number of phenolic OH excluding ortho intramolecular Hbond substituents is 1. The van der Waals surface area contributed by atoms with Gasteiger partial charge < -0.3 is 30.0 Å². The predicted octanol–water partition coefficient (Wildman–Crippen LogP) is 2.06. The van der Waals surface area contributed by atoms with Crippen LogP contribution in [0.2, 0.25) is 0 Å². The van der Waals surface area contributed by atoms with Gasteiger partial charge in [-0.2, -0.15) is 0 Å². The average molecular weight is 437 g/mol. The normalized spacial score (nSPS) is 16.6. The highest BCUT2D eigenvalue weighted by Crippen LogP contribution is 2.23. The van der Waals surface area contributed by atoms with Crippen LogP contribution < -0.4 is 10.6 Å². The van der Waals surface area contributed by atoms with E-state index >= 15 is 0 Å². The molecule has 1 heterocycles. The second kappa shape index (κ2) is 10.5. The lowest BCUT2D eigenvalue weighted by atomic mass is 9.88. The van der Waals surface area contributed by atoms with Crippen LogP contribution in [0, 0.1) is 0 Å². The van der Waals surface area contributed by atoms with Crippen LogP contribution in [0.25, 0.3) is 0 Å². The van der Waals surface area contributed by atoms with Crippen LogP contribution in [0.5, 0.6) is 5.75 Å². The van der Waals surface area contributed by atoms with Crippen molar-refractivity contribution < 1.29 is 33.7 Å². The van der Waals surface area contributed by atoms with Gasteiger partial charge in [-0.15, -0.1) is 0 Å². The molecule has 1 atom stereocenters. The van der Waals surface area contributed by atoms with Crippen LogP contribution in [0.1, 0.15) is 46.1 Å². The van der Waals surface area contributed by atoms with E-state index in [4.69, 9.17) is 14.2 Å². The maximum atomic E-state index is 13.3. The molecule has 0 aromatic heterocycles. The summed E-state index contributed by atoms with van der Waals surface area (Å²) in [5, 5.41) is 14.9. The first-order chi connectivity index (χ1) is 14.5. The fraction of sp³-hybridized carbons (Fsp3) is 0.591. The molecule has 0 bridgehead atoms. The van der Waals surface area contributed by atoms with Crippen molar-refractivity contribution in [2.45, 2.75) is 64.1 Å². The van der Waals surface area contributed by atoms with E-state index in [1.54, 1.807) is 39.8 Å². The van der Waals surface area contributed by atoms with Gasteiger partial charge in [-0.25, -0.2) is 9.59 Å². The van der Waals surface area contributed by atoms with E-state index in [2.05, 4.69) is 10.6 Å². The van der Waals surface area contributed by atoms with Gasteiger partial charge in [-0.1, -0.05) is 12.1 Å². The number of benzene rings is 1. The Kier molecular flexibility index (Phi) is 8.27.